The maximum absolute atomic E-state index is 12.3. The van der Waals surface area contributed by atoms with Crippen molar-refractivity contribution in [2.75, 3.05) is 13.1 Å². The fourth-order valence-electron chi connectivity index (χ4n) is 2.00. The number of hydrogen-bond donors (Lipinski definition) is 1. The molecule has 0 saturated carbocycles. The predicted octanol–water partition coefficient (Wildman–Crippen LogP) is 2.65. The first-order valence-corrected chi connectivity index (χ1v) is 6.06. The minimum atomic E-state index is -0.00194. The van der Waals surface area contributed by atoms with Crippen LogP contribution in [-0.4, -0.2) is 28.9 Å². The minimum absolute atomic E-state index is 0.00194. The maximum Gasteiger partial charge on any atom is 0.254 e. The van der Waals surface area contributed by atoms with Crippen molar-refractivity contribution in [2.24, 2.45) is 0 Å². The van der Waals surface area contributed by atoms with Crippen LogP contribution in [0.2, 0.25) is 0 Å². The van der Waals surface area contributed by atoms with Gasteiger partial charge in [0, 0.05) is 29.2 Å². The highest BCUT2D eigenvalue weighted by Crippen LogP contribution is 2.15. The summed E-state index contributed by atoms with van der Waals surface area (Å²) in [4.78, 5) is 17.1. The van der Waals surface area contributed by atoms with Crippen LogP contribution in [0.4, 0.5) is 0 Å². The Balaban J connectivity index is 2.28. The number of amides is 1. The van der Waals surface area contributed by atoms with Crippen LogP contribution in [0.5, 0.6) is 0 Å². The minimum Gasteiger partial charge on any atom is -0.361 e. The summed E-state index contributed by atoms with van der Waals surface area (Å²) < 4.78 is 0. The number of hydrogen-bond acceptors (Lipinski definition) is 1. The fraction of sp³-hybridized carbons (Fsp3) is 0.267. The van der Waals surface area contributed by atoms with Crippen LogP contribution in [0.25, 0.3) is 10.9 Å². The average molecular weight is 240 g/mol. The molecule has 0 saturated heterocycles. The molecule has 0 aliphatic heterocycles. The third-order valence-corrected chi connectivity index (χ3v) is 2.86. The number of H-pyrrole nitrogens is 1. The Labute approximate surface area is 107 Å². The molecule has 1 aromatic carbocycles. The van der Waals surface area contributed by atoms with Gasteiger partial charge in [-0.05, 0) is 30.7 Å². The molecule has 0 spiro atoms. The third kappa shape index (κ3) is 2.38. The molecule has 0 unspecified atom stereocenters. The number of aromatic nitrogens is 1. The summed E-state index contributed by atoms with van der Waals surface area (Å²) in [6.45, 7) is 3.08. The highest BCUT2D eigenvalue weighted by Gasteiger charge is 2.14. The summed E-state index contributed by atoms with van der Waals surface area (Å²) in [5.41, 5.74) is 1.72. The number of rotatable bonds is 4. The lowest BCUT2D eigenvalue weighted by atomic mass is 10.1. The summed E-state index contributed by atoms with van der Waals surface area (Å²) >= 11 is 0. The third-order valence-electron chi connectivity index (χ3n) is 2.86. The second-order valence-electron chi connectivity index (χ2n) is 4.21. The first kappa shape index (κ1) is 12.3. The SMILES string of the molecule is C#CCN(CCC)C(=O)c1ccc2[nH]ccc2c1. The maximum atomic E-state index is 12.3. The molecule has 1 amide bonds. The quantitative estimate of drug-likeness (QED) is 0.819. The van der Waals surface area contributed by atoms with Crippen molar-refractivity contribution in [3.8, 4) is 12.3 Å². The molecular formula is C15H16N2O. The van der Waals surface area contributed by atoms with E-state index in [9.17, 15) is 4.79 Å². The van der Waals surface area contributed by atoms with Crippen molar-refractivity contribution in [1.29, 1.82) is 0 Å². The van der Waals surface area contributed by atoms with Crippen molar-refractivity contribution < 1.29 is 4.79 Å². The van der Waals surface area contributed by atoms with Gasteiger partial charge in [-0.25, -0.2) is 0 Å². The molecule has 3 nitrogen and oxygen atoms in total. The number of nitrogens with one attached hydrogen (secondary N) is 1. The van der Waals surface area contributed by atoms with Gasteiger partial charge in [-0.2, -0.15) is 0 Å². The van der Waals surface area contributed by atoms with Gasteiger partial charge in [-0.3, -0.25) is 4.79 Å². The highest BCUT2D eigenvalue weighted by atomic mass is 16.2. The van der Waals surface area contributed by atoms with E-state index >= 15 is 0 Å². The molecule has 0 aliphatic rings. The molecule has 2 aromatic rings. The van der Waals surface area contributed by atoms with E-state index in [1.54, 1.807) is 4.90 Å². The number of nitrogens with zero attached hydrogens (tertiary/aromatic N) is 1. The molecule has 92 valence electrons. The van der Waals surface area contributed by atoms with Crippen molar-refractivity contribution in [3.63, 3.8) is 0 Å². The molecule has 0 fully saturated rings. The van der Waals surface area contributed by atoms with Gasteiger partial charge in [0.15, 0.2) is 0 Å². The van der Waals surface area contributed by atoms with Crippen molar-refractivity contribution >= 4 is 16.8 Å². The first-order valence-electron chi connectivity index (χ1n) is 6.06. The van der Waals surface area contributed by atoms with Crippen LogP contribution in [0.15, 0.2) is 30.5 Å². The molecule has 1 heterocycles. The van der Waals surface area contributed by atoms with Gasteiger partial charge in [0.1, 0.15) is 0 Å². The molecule has 0 atom stereocenters. The van der Waals surface area contributed by atoms with Gasteiger partial charge in [0.05, 0.1) is 6.54 Å². The largest absolute Gasteiger partial charge is 0.361 e. The Morgan fingerprint density at radius 2 is 2.28 bits per heavy atom. The van der Waals surface area contributed by atoms with Crippen LogP contribution >= 0.6 is 0 Å². The fourth-order valence-corrected chi connectivity index (χ4v) is 2.00. The lowest BCUT2D eigenvalue weighted by molar-refractivity contribution is 0.0777. The van der Waals surface area contributed by atoms with Crippen molar-refractivity contribution in [1.82, 2.24) is 9.88 Å². The monoisotopic (exact) mass is 240 g/mol. The van der Waals surface area contributed by atoms with Gasteiger partial charge < -0.3 is 9.88 Å². The lowest BCUT2D eigenvalue weighted by Gasteiger charge is -2.19. The van der Waals surface area contributed by atoms with E-state index in [2.05, 4.69) is 10.9 Å². The molecule has 0 aliphatic carbocycles. The molecular weight excluding hydrogens is 224 g/mol. The van der Waals surface area contributed by atoms with Crippen molar-refractivity contribution in [3.05, 3.63) is 36.0 Å². The first-order chi connectivity index (χ1) is 8.76. The topological polar surface area (TPSA) is 36.1 Å². The van der Waals surface area contributed by atoms with Gasteiger partial charge in [-0.1, -0.05) is 12.8 Å². The zero-order valence-electron chi connectivity index (χ0n) is 10.4. The molecule has 1 N–H and O–H groups in total. The van der Waals surface area contributed by atoms with Crippen LogP contribution < -0.4 is 0 Å². The van der Waals surface area contributed by atoms with E-state index in [4.69, 9.17) is 6.42 Å². The Kier molecular flexibility index (Phi) is 3.69. The van der Waals surface area contributed by atoms with E-state index in [-0.39, 0.29) is 5.91 Å². The number of terminal acetylenes is 1. The van der Waals surface area contributed by atoms with Crippen LogP contribution in [0.1, 0.15) is 23.7 Å². The second-order valence-corrected chi connectivity index (χ2v) is 4.21. The summed E-state index contributed by atoms with van der Waals surface area (Å²) in [7, 11) is 0. The molecule has 2 rings (SSSR count). The normalized spacial score (nSPS) is 10.2. The van der Waals surface area contributed by atoms with Gasteiger partial charge >= 0.3 is 0 Å². The zero-order chi connectivity index (χ0) is 13.0. The van der Waals surface area contributed by atoms with Gasteiger partial charge in [-0.15, -0.1) is 6.42 Å². The Morgan fingerprint density at radius 1 is 1.44 bits per heavy atom. The Morgan fingerprint density at radius 3 is 3.00 bits per heavy atom. The number of aromatic amines is 1. The van der Waals surface area contributed by atoms with Crippen molar-refractivity contribution in [2.45, 2.75) is 13.3 Å². The number of carbonyl (C=O) groups excluding carboxylic acids is 1. The molecule has 3 heteroatoms. The van der Waals surface area contributed by atoms with E-state index < -0.39 is 0 Å². The van der Waals surface area contributed by atoms with Crippen LogP contribution in [0, 0.1) is 12.3 Å². The molecule has 1 aromatic heterocycles. The van der Waals surface area contributed by atoms with Gasteiger partial charge in [0.2, 0.25) is 0 Å². The Bertz CT molecular complexity index is 592. The number of benzene rings is 1. The number of fused-ring (bicyclic) bond motifs is 1. The molecule has 18 heavy (non-hydrogen) atoms. The molecule has 0 bridgehead atoms. The Hall–Kier alpha value is -2.21. The summed E-state index contributed by atoms with van der Waals surface area (Å²) in [6, 6.07) is 7.60. The van der Waals surface area contributed by atoms with Gasteiger partial charge in [0.25, 0.3) is 5.91 Å². The lowest BCUT2D eigenvalue weighted by Crippen LogP contribution is -2.32. The molecule has 0 radical (unpaired) electrons. The average Bonchev–Trinajstić information content (AvgIpc) is 2.84. The second kappa shape index (κ2) is 5.42. The zero-order valence-corrected chi connectivity index (χ0v) is 10.4. The number of carbonyl (C=O) groups is 1. The predicted molar refractivity (Wildman–Crippen MR) is 73.3 cm³/mol. The summed E-state index contributed by atoms with van der Waals surface area (Å²) in [5.74, 6) is 2.53. The van der Waals surface area contributed by atoms with Crippen LogP contribution in [0.3, 0.4) is 0 Å². The van der Waals surface area contributed by atoms with E-state index in [1.807, 2.05) is 37.4 Å². The van der Waals surface area contributed by atoms with Crippen LogP contribution in [-0.2, 0) is 0 Å². The van der Waals surface area contributed by atoms with E-state index in [0.29, 0.717) is 18.7 Å². The smallest absolute Gasteiger partial charge is 0.254 e. The van der Waals surface area contributed by atoms with E-state index in [0.717, 1.165) is 17.3 Å². The standard InChI is InChI=1S/C15H16N2O/c1-3-9-17(10-4-2)15(18)13-5-6-14-12(11-13)7-8-16-14/h1,5-8,11,16H,4,9-10H2,2H3. The van der Waals surface area contributed by atoms with E-state index in [1.165, 1.54) is 0 Å². The highest BCUT2D eigenvalue weighted by molar-refractivity contribution is 5.98. The summed E-state index contributed by atoms with van der Waals surface area (Å²) in [6.07, 6.45) is 8.07. The summed E-state index contributed by atoms with van der Waals surface area (Å²) in [5, 5.41) is 1.04.